The van der Waals surface area contributed by atoms with E-state index >= 15 is 0 Å². The highest BCUT2D eigenvalue weighted by Gasteiger charge is 2.22. The number of rotatable bonds is 28. The van der Waals surface area contributed by atoms with Crippen molar-refractivity contribution in [2.75, 3.05) is 6.61 Å². The maximum Gasteiger partial charge on any atom is 0.249 e. The maximum absolute atomic E-state index is 12.3. The molecule has 0 aliphatic rings. The van der Waals surface area contributed by atoms with E-state index in [4.69, 9.17) is 0 Å². The van der Waals surface area contributed by atoms with Gasteiger partial charge in [-0.1, -0.05) is 154 Å². The molecule has 0 aromatic rings. The van der Waals surface area contributed by atoms with E-state index in [1.54, 1.807) is 6.08 Å². The van der Waals surface area contributed by atoms with Crippen molar-refractivity contribution in [1.29, 1.82) is 0 Å². The molecule has 0 heterocycles. The molecule has 37 heavy (non-hydrogen) atoms. The number of hydrogen-bond donors (Lipinski definition) is 4. The number of hydrogen-bond acceptors (Lipinski definition) is 4. The number of carbonyl (C=O) groups is 1. The molecule has 0 radical (unpaired) electrons. The summed E-state index contributed by atoms with van der Waals surface area (Å²) in [5.74, 6) is -0.506. The van der Waals surface area contributed by atoms with Gasteiger partial charge in [-0.15, -0.1) is 0 Å². The molecule has 0 spiro atoms. The molecule has 0 saturated carbocycles. The van der Waals surface area contributed by atoms with Crippen LogP contribution in [-0.2, 0) is 4.79 Å². The van der Waals surface area contributed by atoms with Crippen LogP contribution in [0.2, 0.25) is 0 Å². The fourth-order valence-electron chi connectivity index (χ4n) is 4.77. The highest BCUT2D eigenvalue weighted by atomic mass is 16.3. The Morgan fingerprint density at radius 2 is 1.05 bits per heavy atom. The summed E-state index contributed by atoms with van der Waals surface area (Å²) in [6.45, 7) is 4.13. The van der Waals surface area contributed by atoms with Gasteiger partial charge in [0.05, 0.1) is 18.8 Å². The summed E-state index contributed by atoms with van der Waals surface area (Å²) < 4.78 is 0. The largest absolute Gasteiger partial charge is 0.394 e. The average Bonchev–Trinajstić information content (AvgIpc) is 2.90. The Balaban J connectivity index is 3.81. The summed E-state index contributed by atoms with van der Waals surface area (Å²) in [4.78, 5) is 12.3. The second-order valence-corrected chi connectivity index (χ2v) is 11.0. The van der Waals surface area contributed by atoms with Gasteiger partial charge in [0.2, 0.25) is 5.91 Å². The molecule has 0 rings (SSSR count). The molecule has 3 atom stereocenters. The Labute approximate surface area is 229 Å². The van der Waals surface area contributed by atoms with Crippen LogP contribution in [0, 0.1) is 0 Å². The third-order valence-electron chi connectivity index (χ3n) is 7.38. The lowest BCUT2D eigenvalue weighted by atomic mass is 10.0. The summed E-state index contributed by atoms with van der Waals surface area (Å²) in [6, 6.07) is -0.788. The number of aliphatic hydroxyl groups excluding tert-OH is 3. The van der Waals surface area contributed by atoms with Crippen LogP contribution < -0.4 is 5.32 Å². The van der Waals surface area contributed by atoms with Crippen molar-refractivity contribution < 1.29 is 20.1 Å². The van der Waals surface area contributed by atoms with Crippen LogP contribution in [0.5, 0.6) is 0 Å². The molecule has 1 amide bonds. The standard InChI is InChI=1S/C32H63NO4/c1-3-5-7-9-11-13-15-17-18-20-22-24-26-30(35)29(28-34)33-32(37)31(36)27-25-23-21-19-16-14-12-10-8-6-4-2/h24,26,29-31,34-36H,3-23,25,27-28H2,1-2H3,(H,33,37)/b26-24+. The van der Waals surface area contributed by atoms with Crippen LogP contribution in [0.3, 0.4) is 0 Å². The van der Waals surface area contributed by atoms with Crippen LogP contribution in [0.15, 0.2) is 12.2 Å². The predicted molar refractivity (Wildman–Crippen MR) is 158 cm³/mol. The van der Waals surface area contributed by atoms with Gasteiger partial charge in [-0.2, -0.15) is 0 Å². The van der Waals surface area contributed by atoms with Crippen molar-refractivity contribution in [3.05, 3.63) is 12.2 Å². The minimum atomic E-state index is -1.09. The average molecular weight is 526 g/mol. The molecule has 0 aliphatic heterocycles. The van der Waals surface area contributed by atoms with E-state index in [0.717, 1.165) is 32.1 Å². The molecule has 3 unspecified atom stereocenters. The Hall–Kier alpha value is -0.910. The van der Waals surface area contributed by atoms with Crippen LogP contribution in [0.25, 0.3) is 0 Å². The van der Waals surface area contributed by atoms with Gasteiger partial charge in [-0.25, -0.2) is 0 Å². The van der Waals surface area contributed by atoms with Crippen molar-refractivity contribution >= 4 is 5.91 Å². The Morgan fingerprint density at radius 3 is 1.49 bits per heavy atom. The zero-order chi connectivity index (χ0) is 27.4. The van der Waals surface area contributed by atoms with E-state index in [1.807, 2.05) is 6.08 Å². The Bertz CT molecular complexity index is 511. The van der Waals surface area contributed by atoms with E-state index in [2.05, 4.69) is 19.2 Å². The van der Waals surface area contributed by atoms with Crippen LogP contribution in [0.4, 0.5) is 0 Å². The maximum atomic E-state index is 12.3. The summed E-state index contributed by atoms with van der Waals surface area (Å²) in [7, 11) is 0. The van der Waals surface area contributed by atoms with E-state index < -0.39 is 24.2 Å². The molecule has 0 aromatic heterocycles. The number of allylic oxidation sites excluding steroid dienone is 1. The first kappa shape index (κ1) is 36.1. The zero-order valence-electron chi connectivity index (χ0n) is 24.6. The molecule has 5 nitrogen and oxygen atoms in total. The fraction of sp³-hybridized carbons (Fsp3) is 0.906. The monoisotopic (exact) mass is 525 g/mol. The summed E-state index contributed by atoms with van der Waals surface area (Å²) >= 11 is 0. The van der Waals surface area contributed by atoms with E-state index in [1.165, 1.54) is 109 Å². The molecule has 0 fully saturated rings. The number of unbranched alkanes of at least 4 members (excludes halogenated alkanes) is 20. The van der Waals surface area contributed by atoms with Crippen LogP contribution >= 0.6 is 0 Å². The smallest absolute Gasteiger partial charge is 0.249 e. The second-order valence-electron chi connectivity index (χ2n) is 11.0. The molecule has 5 heteroatoms. The second kappa shape index (κ2) is 28.1. The zero-order valence-corrected chi connectivity index (χ0v) is 24.6. The first-order chi connectivity index (χ1) is 18.1. The van der Waals surface area contributed by atoms with Crippen molar-refractivity contribution in [2.24, 2.45) is 0 Å². The van der Waals surface area contributed by atoms with E-state index in [-0.39, 0.29) is 6.61 Å². The topological polar surface area (TPSA) is 89.8 Å². The molecule has 220 valence electrons. The predicted octanol–water partition coefficient (Wildman–Crippen LogP) is 7.75. The molecule has 4 N–H and O–H groups in total. The minimum absolute atomic E-state index is 0.360. The summed E-state index contributed by atoms with van der Waals surface area (Å²) in [6.07, 6.45) is 29.3. The number of amides is 1. The Kier molecular flexibility index (Phi) is 27.4. The highest BCUT2D eigenvalue weighted by Crippen LogP contribution is 2.14. The normalized spacial score (nSPS) is 14.2. The molecule has 0 aliphatic carbocycles. The Morgan fingerprint density at radius 1 is 0.649 bits per heavy atom. The van der Waals surface area contributed by atoms with Gasteiger partial charge in [-0.3, -0.25) is 4.79 Å². The van der Waals surface area contributed by atoms with Gasteiger partial charge in [0.25, 0.3) is 0 Å². The SMILES string of the molecule is CCCCCCCCCCCC/C=C/C(O)C(CO)NC(=O)C(O)CCCCCCCCCCCCC. The van der Waals surface area contributed by atoms with Crippen LogP contribution in [-0.4, -0.2) is 46.1 Å². The van der Waals surface area contributed by atoms with Crippen molar-refractivity contribution in [3.63, 3.8) is 0 Å². The van der Waals surface area contributed by atoms with Gasteiger partial charge < -0.3 is 20.6 Å². The quantitative estimate of drug-likeness (QED) is 0.0621. The van der Waals surface area contributed by atoms with Gasteiger partial charge >= 0.3 is 0 Å². The highest BCUT2D eigenvalue weighted by molar-refractivity contribution is 5.80. The molecule has 0 saturated heterocycles. The van der Waals surface area contributed by atoms with Gasteiger partial charge in [-0.05, 0) is 19.3 Å². The van der Waals surface area contributed by atoms with Gasteiger partial charge in [0.15, 0.2) is 0 Å². The van der Waals surface area contributed by atoms with Crippen molar-refractivity contribution in [2.45, 2.75) is 180 Å². The summed E-state index contributed by atoms with van der Waals surface area (Å²) in [5, 5.41) is 32.7. The van der Waals surface area contributed by atoms with E-state index in [9.17, 15) is 20.1 Å². The first-order valence-electron chi connectivity index (χ1n) is 16.0. The molecule has 0 bridgehead atoms. The van der Waals surface area contributed by atoms with Gasteiger partial charge in [0.1, 0.15) is 6.10 Å². The minimum Gasteiger partial charge on any atom is -0.394 e. The number of carbonyl (C=O) groups excluding carboxylic acids is 1. The van der Waals surface area contributed by atoms with E-state index in [0.29, 0.717) is 6.42 Å². The first-order valence-corrected chi connectivity index (χ1v) is 16.0. The number of nitrogens with one attached hydrogen (secondary N) is 1. The third kappa shape index (κ3) is 23.9. The summed E-state index contributed by atoms with van der Waals surface area (Å²) in [5.41, 5.74) is 0. The number of aliphatic hydroxyl groups is 3. The lowest BCUT2D eigenvalue weighted by Gasteiger charge is -2.21. The van der Waals surface area contributed by atoms with Crippen LogP contribution in [0.1, 0.15) is 162 Å². The van der Waals surface area contributed by atoms with Crippen molar-refractivity contribution in [1.82, 2.24) is 5.32 Å². The van der Waals surface area contributed by atoms with Gasteiger partial charge in [0, 0.05) is 0 Å². The van der Waals surface area contributed by atoms with Crippen molar-refractivity contribution in [3.8, 4) is 0 Å². The molecule has 0 aromatic carbocycles. The molecular weight excluding hydrogens is 462 g/mol. The molecular formula is C32H63NO4. The lowest BCUT2D eigenvalue weighted by molar-refractivity contribution is -0.131. The third-order valence-corrected chi connectivity index (χ3v) is 7.38. The fourth-order valence-corrected chi connectivity index (χ4v) is 4.77. The lowest BCUT2D eigenvalue weighted by Crippen LogP contribution is -2.48.